The van der Waals surface area contributed by atoms with Gasteiger partial charge in [-0.1, -0.05) is 6.07 Å². The van der Waals surface area contributed by atoms with Crippen molar-refractivity contribution in [1.82, 2.24) is 10.4 Å². The number of hydrogen-bond donors (Lipinski definition) is 2. The summed E-state index contributed by atoms with van der Waals surface area (Å²) in [4.78, 5) is 20.6. The van der Waals surface area contributed by atoms with E-state index in [1.807, 2.05) is 41.6 Å². The standard InChI is InChI=1S/C14H12N4OS/c1-8-5-12-15-7-9-6-10(11-3-2-4-20-11)14(19)16-13(9)18(12)17-8/h2-8,17H,1H3,(H,16,19). The molecule has 0 fully saturated rings. The molecule has 0 amide bonds. The van der Waals surface area contributed by atoms with Gasteiger partial charge in [0.05, 0.1) is 5.56 Å². The Hall–Kier alpha value is -2.18. The van der Waals surface area contributed by atoms with Crippen molar-refractivity contribution in [2.24, 2.45) is 4.99 Å². The fourth-order valence-electron chi connectivity index (χ4n) is 2.46. The number of pyridine rings is 1. The van der Waals surface area contributed by atoms with E-state index in [9.17, 15) is 4.79 Å². The van der Waals surface area contributed by atoms with E-state index in [1.165, 1.54) is 0 Å². The zero-order chi connectivity index (χ0) is 13.7. The molecule has 0 radical (unpaired) electrons. The highest BCUT2D eigenvalue weighted by Gasteiger charge is 2.27. The molecule has 0 saturated heterocycles. The van der Waals surface area contributed by atoms with Crippen LogP contribution in [0.15, 0.2) is 45.3 Å². The predicted molar refractivity (Wildman–Crippen MR) is 81.1 cm³/mol. The Kier molecular flexibility index (Phi) is 2.42. The lowest BCUT2D eigenvalue weighted by Crippen LogP contribution is -2.39. The Morgan fingerprint density at radius 1 is 1.45 bits per heavy atom. The van der Waals surface area contributed by atoms with Crippen LogP contribution in [-0.4, -0.2) is 17.2 Å². The van der Waals surface area contributed by atoms with Crippen molar-refractivity contribution in [1.29, 1.82) is 0 Å². The Balaban J connectivity index is 1.88. The van der Waals surface area contributed by atoms with Gasteiger partial charge < -0.3 is 4.98 Å². The lowest BCUT2D eigenvalue weighted by Gasteiger charge is -2.25. The number of aromatic amines is 1. The summed E-state index contributed by atoms with van der Waals surface area (Å²) in [7, 11) is 0. The van der Waals surface area contributed by atoms with Gasteiger partial charge in [0.15, 0.2) is 0 Å². The van der Waals surface area contributed by atoms with Crippen molar-refractivity contribution in [3.63, 3.8) is 0 Å². The van der Waals surface area contributed by atoms with Crippen molar-refractivity contribution in [2.45, 2.75) is 13.0 Å². The molecule has 2 aliphatic rings. The molecule has 4 heterocycles. The molecule has 100 valence electrons. The van der Waals surface area contributed by atoms with Crippen molar-refractivity contribution < 1.29 is 0 Å². The number of nitrogens with one attached hydrogen (secondary N) is 2. The SMILES string of the molecule is CC1C=C2N=Cc3cc(-c4cccs4)c(=O)[nH]c3N2N1. The molecule has 4 rings (SSSR count). The number of aromatic nitrogens is 1. The molecule has 2 aliphatic heterocycles. The quantitative estimate of drug-likeness (QED) is 0.843. The van der Waals surface area contributed by atoms with Gasteiger partial charge in [-0.25, -0.2) is 15.4 Å². The van der Waals surface area contributed by atoms with E-state index in [4.69, 9.17) is 0 Å². The normalized spacial score (nSPS) is 19.8. The second kappa shape index (κ2) is 4.16. The number of nitrogens with zero attached hydrogens (tertiary/aromatic N) is 2. The zero-order valence-electron chi connectivity index (χ0n) is 10.8. The number of H-pyrrole nitrogens is 1. The minimum atomic E-state index is -0.0813. The van der Waals surface area contributed by atoms with E-state index in [1.54, 1.807) is 17.6 Å². The van der Waals surface area contributed by atoms with Gasteiger partial charge in [-0.2, -0.15) is 0 Å². The van der Waals surface area contributed by atoms with Crippen molar-refractivity contribution in [2.75, 3.05) is 5.01 Å². The van der Waals surface area contributed by atoms with Gasteiger partial charge in [-0.05, 0) is 30.5 Å². The van der Waals surface area contributed by atoms with Crippen LogP contribution < -0.4 is 16.0 Å². The van der Waals surface area contributed by atoms with Gasteiger partial charge in [0.1, 0.15) is 11.6 Å². The molecule has 6 heteroatoms. The Morgan fingerprint density at radius 3 is 3.15 bits per heavy atom. The van der Waals surface area contributed by atoms with E-state index >= 15 is 0 Å². The molecule has 2 N–H and O–H groups in total. The highest BCUT2D eigenvalue weighted by atomic mass is 32.1. The summed E-state index contributed by atoms with van der Waals surface area (Å²) in [5, 5.41) is 3.80. The highest BCUT2D eigenvalue weighted by Crippen LogP contribution is 2.30. The molecule has 0 bridgehead atoms. The first-order chi connectivity index (χ1) is 9.72. The van der Waals surface area contributed by atoms with Gasteiger partial charge >= 0.3 is 0 Å². The summed E-state index contributed by atoms with van der Waals surface area (Å²) in [6.45, 7) is 2.04. The van der Waals surface area contributed by atoms with Crippen molar-refractivity contribution >= 4 is 23.4 Å². The third-order valence-electron chi connectivity index (χ3n) is 3.36. The molecule has 2 aromatic rings. The maximum Gasteiger partial charge on any atom is 0.258 e. The number of rotatable bonds is 1. The predicted octanol–water partition coefficient (Wildman–Crippen LogP) is 2.09. The summed E-state index contributed by atoms with van der Waals surface area (Å²) in [5.74, 6) is 1.57. The molecule has 1 unspecified atom stereocenters. The van der Waals surface area contributed by atoms with Crippen molar-refractivity contribution in [3.05, 3.63) is 51.4 Å². The van der Waals surface area contributed by atoms with Crippen molar-refractivity contribution in [3.8, 4) is 10.4 Å². The number of anilines is 1. The van der Waals surface area contributed by atoms with Crippen LogP contribution in [0.5, 0.6) is 0 Å². The minimum absolute atomic E-state index is 0.0813. The van der Waals surface area contributed by atoms with Crippen LogP contribution in [0.25, 0.3) is 10.4 Å². The first-order valence-electron chi connectivity index (χ1n) is 6.36. The number of aliphatic imine (C=N–C) groups is 1. The molecule has 0 aliphatic carbocycles. The molecule has 0 saturated carbocycles. The topological polar surface area (TPSA) is 60.5 Å². The average molecular weight is 284 g/mol. The van der Waals surface area contributed by atoms with E-state index in [2.05, 4.69) is 15.4 Å². The van der Waals surface area contributed by atoms with Gasteiger partial charge in [-0.15, -0.1) is 11.3 Å². The van der Waals surface area contributed by atoms with E-state index in [0.717, 1.165) is 22.1 Å². The maximum absolute atomic E-state index is 12.3. The van der Waals surface area contributed by atoms with Crippen LogP contribution in [0, 0.1) is 0 Å². The van der Waals surface area contributed by atoms with E-state index in [0.29, 0.717) is 5.56 Å². The van der Waals surface area contributed by atoms with Gasteiger partial charge in [0, 0.05) is 22.7 Å². The van der Waals surface area contributed by atoms with Crippen LogP contribution >= 0.6 is 11.3 Å². The average Bonchev–Trinajstić information content (AvgIpc) is 3.06. The molecule has 2 aromatic heterocycles. The molecule has 1 atom stereocenters. The fourth-order valence-corrected chi connectivity index (χ4v) is 3.19. The lowest BCUT2D eigenvalue weighted by atomic mass is 10.1. The largest absolute Gasteiger partial charge is 0.306 e. The first kappa shape index (κ1) is 11.6. The monoisotopic (exact) mass is 284 g/mol. The van der Waals surface area contributed by atoms with Crippen LogP contribution in [0.2, 0.25) is 0 Å². The van der Waals surface area contributed by atoms with Crippen LogP contribution in [0.3, 0.4) is 0 Å². The number of hydrogen-bond acceptors (Lipinski definition) is 5. The van der Waals surface area contributed by atoms with E-state index in [-0.39, 0.29) is 11.6 Å². The van der Waals surface area contributed by atoms with Gasteiger partial charge in [-0.3, -0.25) is 4.79 Å². The Morgan fingerprint density at radius 2 is 2.35 bits per heavy atom. The molecule has 20 heavy (non-hydrogen) atoms. The summed E-state index contributed by atoms with van der Waals surface area (Å²) in [6, 6.07) is 5.99. The summed E-state index contributed by atoms with van der Waals surface area (Å²) < 4.78 is 0. The zero-order valence-corrected chi connectivity index (χ0v) is 11.6. The number of hydrazine groups is 1. The molecule has 0 spiro atoms. The lowest BCUT2D eigenvalue weighted by molar-refractivity contribution is 0.663. The second-order valence-electron chi connectivity index (χ2n) is 4.83. The number of fused-ring (bicyclic) bond motifs is 3. The molecule has 5 nitrogen and oxygen atoms in total. The van der Waals surface area contributed by atoms with Crippen LogP contribution in [0.1, 0.15) is 12.5 Å². The van der Waals surface area contributed by atoms with Gasteiger partial charge in [0.25, 0.3) is 5.56 Å². The van der Waals surface area contributed by atoms with Crippen LogP contribution in [0.4, 0.5) is 5.82 Å². The minimum Gasteiger partial charge on any atom is -0.306 e. The molecular formula is C14H12N4OS. The van der Waals surface area contributed by atoms with E-state index < -0.39 is 0 Å². The maximum atomic E-state index is 12.3. The first-order valence-corrected chi connectivity index (χ1v) is 7.24. The van der Waals surface area contributed by atoms with Gasteiger partial charge in [0.2, 0.25) is 0 Å². The third kappa shape index (κ3) is 1.65. The fraction of sp³-hybridized carbons (Fsp3) is 0.143. The molecule has 0 aromatic carbocycles. The second-order valence-corrected chi connectivity index (χ2v) is 5.78. The highest BCUT2D eigenvalue weighted by molar-refractivity contribution is 7.13. The number of thiophene rings is 1. The summed E-state index contributed by atoms with van der Waals surface area (Å²) in [5.41, 5.74) is 4.77. The van der Waals surface area contributed by atoms with Crippen LogP contribution in [-0.2, 0) is 0 Å². The third-order valence-corrected chi connectivity index (χ3v) is 4.26. The summed E-state index contributed by atoms with van der Waals surface area (Å²) >= 11 is 1.56. The Labute approximate surface area is 119 Å². The Bertz CT molecular complexity index is 788. The smallest absolute Gasteiger partial charge is 0.258 e. The molecular weight excluding hydrogens is 272 g/mol. The summed E-state index contributed by atoms with van der Waals surface area (Å²) in [6.07, 6.45) is 3.81.